The lowest BCUT2D eigenvalue weighted by Crippen LogP contribution is -2.07. The maximum atomic E-state index is 14.6. The summed E-state index contributed by atoms with van der Waals surface area (Å²) in [7, 11) is 0.0102. The largest absolute Gasteiger partial charge is 0.465 e. The van der Waals surface area contributed by atoms with Crippen molar-refractivity contribution in [2.24, 2.45) is 0 Å². The van der Waals surface area contributed by atoms with Crippen molar-refractivity contribution in [1.29, 1.82) is 0 Å². The highest BCUT2D eigenvalue weighted by Crippen LogP contribution is 2.28. The fourth-order valence-electron chi connectivity index (χ4n) is 2.80. The van der Waals surface area contributed by atoms with Gasteiger partial charge in [-0.2, -0.15) is 0 Å². The summed E-state index contributed by atoms with van der Waals surface area (Å²) in [6.07, 6.45) is 3.09. The predicted octanol–water partition coefficient (Wildman–Crippen LogP) is 4.16. The van der Waals surface area contributed by atoms with Crippen molar-refractivity contribution in [3.63, 3.8) is 0 Å². The van der Waals surface area contributed by atoms with Crippen LogP contribution in [0.2, 0.25) is 0 Å². The molecule has 3 rings (SSSR count). The van der Waals surface area contributed by atoms with Crippen LogP contribution in [0, 0.1) is 11.6 Å². The van der Waals surface area contributed by atoms with E-state index in [1.54, 1.807) is 30.5 Å². The minimum absolute atomic E-state index is 0.145. The quantitative estimate of drug-likeness (QED) is 0.611. The molecule has 0 spiro atoms. The van der Waals surface area contributed by atoms with Gasteiger partial charge in [-0.15, -0.1) is 0 Å². The van der Waals surface area contributed by atoms with Crippen LogP contribution in [0.3, 0.4) is 0 Å². The van der Waals surface area contributed by atoms with Gasteiger partial charge in [-0.25, -0.2) is 18.6 Å². The van der Waals surface area contributed by atoms with E-state index in [2.05, 4.69) is 15.0 Å². The van der Waals surface area contributed by atoms with Crippen LogP contribution in [0.25, 0.3) is 11.1 Å². The van der Waals surface area contributed by atoms with E-state index in [0.717, 1.165) is 13.2 Å². The molecule has 0 amide bonds. The van der Waals surface area contributed by atoms with Gasteiger partial charge in [0, 0.05) is 40.3 Å². The second-order valence-electron chi connectivity index (χ2n) is 6.14. The second-order valence-corrected chi connectivity index (χ2v) is 7.52. The van der Waals surface area contributed by atoms with E-state index < -0.39 is 28.4 Å². The maximum absolute atomic E-state index is 14.6. The Morgan fingerprint density at radius 1 is 1.14 bits per heavy atom. The molecule has 1 unspecified atom stereocenters. The number of esters is 1. The Bertz CT molecular complexity index is 1090. The lowest BCUT2D eigenvalue weighted by Gasteiger charge is -2.12. The average molecular weight is 416 g/mol. The van der Waals surface area contributed by atoms with Gasteiger partial charge in [0.1, 0.15) is 23.0 Å². The zero-order chi connectivity index (χ0) is 21.0. The summed E-state index contributed by atoms with van der Waals surface area (Å²) in [5, 5.41) is 2.98. The zero-order valence-corrected chi connectivity index (χ0v) is 16.6. The van der Waals surface area contributed by atoms with E-state index in [1.165, 1.54) is 24.4 Å². The van der Waals surface area contributed by atoms with Crippen molar-refractivity contribution in [1.82, 2.24) is 4.98 Å². The first kappa shape index (κ1) is 20.6. The number of nitrogens with zero attached hydrogens (tertiary/aromatic N) is 1. The monoisotopic (exact) mass is 416 g/mol. The van der Waals surface area contributed by atoms with Crippen LogP contribution in [0.5, 0.6) is 0 Å². The molecule has 0 bridgehead atoms. The third-order valence-electron chi connectivity index (χ3n) is 4.29. The van der Waals surface area contributed by atoms with Crippen molar-refractivity contribution in [2.45, 2.75) is 11.4 Å². The number of ether oxygens (including phenoxy) is 1. The zero-order valence-electron chi connectivity index (χ0n) is 15.7. The summed E-state index contributed by atoms with van der Waals surface area (Å²) in [5.74, 6) is -1.62. The first-order valence-electron chi connectivity index (χ1n) is 8.59. The SMILES string of the molecule is COC(=O)c1c(F)cccc1-c1ccc(CNc2cc(S(C)=O)ccn2)c(F)c1. The lowest BCUT2D eigenvalue weighted by molar-refractivity contribution is 0.0596. The molecule has 0 radical (unpaired) electrons. The van der Waals surface area contributed by atoms with Gasteiger partial charge in [-0.05, 0) is 35.4 Å². The van der Waals surface area contributed by atoms with E-state index >= 15 is 0 Å². The molecule has 0 saturated heterocycles. The number of benzene rings is 2. The number of carbonyl (C=O) groups excluding carboxylic acids is 1. The van der Waals surface area contributed by atoms with Crippen molar-refractivity contribution in [2.75, 3.05) is 18.7 Å². The number of rotatable bonds is 6. The van der Waals surface area contributed by atoms with Crippen LogP contribution in [0.1, 0.15) is 15.9 Å². The van der Waals surface area contributed by atoms with Gasteiger partial charge in [-0.1, -0.05) is 24.3 Å². The first-order valence-corrected chi connectivity index (χ1v) is 10.2. The number of halogens is 2. The van der Waals surface area contributed by atoms with Gasteiger partial charge in [0.25, 0.3) is 0 Å². The molecule has 1 heterocycles. The summed E-state index contributed by atoms with van der Waals surface area (Å²) in [6.45, 7) is 0.145. The minimum Gasteiger partial charge on any atom is -0.465 e. The third kappa shape index (κ3) is 4.65. The Hall–Kier alpha value is -3.13. The average Bonchev–Trinajstić information content (AvgIpc) is 2.72. The van der Waals surface area contributed by atoms with Crippen molar-refractivity contribution < 1.29 is 22.5 Å². The van der Waals surface area contributed by atoms with Gasteiger partial charge in [0.15, 0.2) is 0 Å². The normalized spacial score (nSPS) is 11.7. The Morgan fingerprint density at radius 2 is 1.93 bits per heavy atom. The Morgan fingerprint density at radius 3 is 2.62 bits per heavy atom. The smallest absolute Gasteiger partial charge is 0.341 e. The number of hydrogen-bond donors (Lipinski definition) is 1. The topological polar surface area (TPSA) is 68.3 Å². The Balaban J connectivity index is 1.85. The highest BCUT2D eigenvalue weighted by Gasteiger charge is 2.19. The van der Waals surface area contributed by atoms with E-state index in [9.17, 15) is 17.8 Å². The van der Waals surface area contributed by atoms with Gasteiger partial charge >= 0.3 is 5.97 Å². The molecule has 0 aliphatic heterocycles. The molecule has 1 N–H and O–H groups in total. The van der Waals surface area contributed by atoms with Crippen LogP contribution >= 0.6 is 0 Å². The van der Waals surface area contributed by atoms with Crippen LogP contribution in [-0.4, -0.2) is 28.5 Å². The van der Waals surface area contributed by atoms with E-state index in [4.69, 9.17) is 0 Å². The van der Waals surface area contributed by atoms with E-state index in [0.29, 0.717) is 21.8 Å². The van der Waals surface area contributed by atoms with Gasteiger partial charge in [0.05, 0.1) is 7.11 Å². The molecule has 1 aromatic heterocycles. The van der Waals surface area contributed by atoms with Gasteiger partial charge in [0.2, 0.25) is 0 Å². The summed E-state index contributed by atoms with van der Waals surface area (Å²) >= 11 is 0. The molecule has 29 heavy (non-hydrogen) atoms. The van der Waals surface area contributed by atoms with Gasteiger partial charge < -0.3 is 10.1 Å². The number of anilines is 1. The minimum atomic E-state index is -1.15. The molecular formula is C21H18F2N2O3S. The number of methoxy groups -OCH3 is 1. The van der Waals surface area contributed by atoms with Crippen molar-refractivity contribution >= 4 is 22.6 Å². The van der Waals surface area contributed by atoms with Gasteiger partial charge in [-0.3, -0.25) is 4.21 Å². The Kier molecular flexibility index (Phi) is 6.33. The molecule has 0 saturated carbocycles. The highest BCUT2D eigenvalue weighted by atomic mass is 32.2. The fraction of sp³-hybridized carbons (Fsp3) is 0.143. The van der Waals surface area contributed by atoms with Crippen molar-refractivity contribution in [3.8, 4) is 11.1 Å². The Labute approximate surface area is 169 Å². The summed E-state index contributed by atoms with van der Waals surface area (Å²) in [4.78, 5) is 16.7. The summed E-state index contributed by atoms with van der Waals surface area (Å²) in [6, 6.07) is 11.8. The molecule has 0 fully saturated rings. The fourth-order valence-corrected chi connectivity index (χ4v) is 3.33. The highest BCUT2D eigenvalue weighted by molar-refractivity contribution is 7.84. The standard InChI is InChI=1S/C21H18F2N2O3S/c1-28-21(26)20-16(4-3-5-17(20)22)13-6-7-14(18(23)10-13)12-25-19-11-15(29(2)27)8-9-24-19/h3-11H,12H2,1-2H3,(H,24,25). The maximum Gasteiger partial charge on any atom is 0.341 e. The van der Waals surface area contributed by atoms with E-state index in [-0.39, 0.29) is 17.7 Å². The number of aromatic nitrogens is 1. The van der Waals surface area contributed by atoms with Crippen LogP contribution in [0.4, 0.5) is 14.6 Å². The molecule has 5 nitrogen and oxygen atoms in total. The van der Waals surface area contributed by atoms with Crippen LogP contribution in [0.15, 0.2) is 59.6 Å². The summed E-state index contributed by atoms with van der Waals surface area (Å²) in [5.41, 5.74) is 0.714. The molecule has 3 aromatic rings. The molecule has 1 atom stereocenters. The lowest BCUT2D eigenvalue weighted by atomic mass is 9.98. The summed E-state index contributed by atoms with van der Waals surface area (Å²) < 4.78 is 45.0. The second kappa shape index (κ2) is 8.91. The molecular weight excluding hydrogens is 398 g/mol. The number of hydrogen-bond acceptors (Lipinski definition) is 5. The predicted molar refractivity (Wildman–Crippen MR) is 107 cm³/mol. The molecule has 150 valence electrons. The first-order chi connectivity index (χ1) is 13.9. The van der Waals surface area contributed by atoms with Crippen molar-refractivity contribution in [3.05, 3.63) is 77.5 Å². The molecule has 0 aliphatic rings. The molecule has 0 aliphatic carbocycles. The van der Waals surface area contributed by atoms with E-state index in [1.807, 2.05) is 0 Å². The third-order valence-corrected chi connectivity index (χ3v) is 5.21. The van der Waals surface area contributed by atoms with Crippen LogP contribution < -0.4 is 5.32 Å². The van der Waals surface area contributed by atoms with Crippen LogP contribution in [-0.2, 0) is 22.1 Å². The number of carbonyl (C=O) groups is 1. The number of pyridine rings is 1. The number of nitrogens with one attached hydrogen (secondary N) is 1. The molecule has 8 heteroatoms. The molecule has 2 aromatic carbocycles.